The third-order valence-electron chi connectivity index (χ3n) is 3.83. The maximum Gasteiger partial charge on any atom is 0.153 e. The van der Waals surface area contributed by atoms with Gasteiger partial charge in [-0.25, -0.2) is 9.50 Å². The summed E-state index contributed by atoms with van der Waals surface area (Å²) in [5.41, 5.74) is 1.45. The van der Waals surface area contributed by atoms with Crippen LogP contribution in [0.3, 0.4) is 0 Å². The Morgan fingerprint density at radius 1 is 1.33 bits per heavy atom. The van der Waals surface area contributed by atoms with Gasteiger partial charge in [0, 0.05) is 31.7 Å². The van der Waals surface area contributed by atoms with Crippen molar-refractivity contribution in [1.82, 2.24) is 24.4 Å². The van der Waals surface area contributed by atoms with Crippen LogP contribution in [0.15, 0.2) is 36.9 Å². The van der Waals surface area contributed by atoms with Crippen LogP contribution in [-0.2, 0) is 0 Å². The number of fused-ring (bicyclic) bond motifs is 1. The second kappa shape index (κ2) is 4.59. The van der Waals surface area contributed by atoms with Crippen LogP contribution in [0.4, 0.5) is 5.82 Å². The lowest BCUT2D eigenvalue weighted by Gasteiger charge is -2.17. The molecule has 1 saturated heterocycles. The van der Waals surface area contributed by atoms with Gasteiger partial charge in [-0.1, -0.05) is 0 Å². The summed E-state index contributed by atoms with van der Waals surface area (Å²) in [6.07, 6.45) is 8.00. The zero-order valence-corrected chi connectivity index (χ0v) is 11.3. The van der Waals surface area contributed by atoms with Gasteiger partial charge < -0.3 is 4.90 Å². The monoisotopic (exact) mass is 279 g/mol. The number of hydrogen-bond acceptors (Lipinski definition) is 5. The lowest BCUT2D eigenvalue weighted by molar-refractivity contribution is 0.494. The summed E-state index contributed by atoms with van der Waals surface area (Å²) in [6.45, 7) is 1.78. The highest BCUT2D eigenvalue weighted by molar-refractivity contribution is 5.46. The molecule has 3 aromatic heterocycles. The number of imidazole rings is 1. The Hall–Kier alpha value is -2.88. The molecule has 21 heavy (non-hydrogen) atoms. The first-order valence-corrected chi connectivity index (χ1v) is 6.83. The molecule has 0 amide bonds. The van der Waals surface area contributed by atoms with Crippen molar-refractivity contribution in [1.29, 1.82) is 5.26 Å². The van der Waals surface area contributed by atoms with Gasteiger partial charge >= 0.3 is 0 Å². The first-order valence-electron chi connectivity index (χ1n) is 6.83. The number of rotatable bonds is 2. The zero-order valence-electron chi connectivity index (χ0n) is 11.3. The van der Waals surface area contributed by atoms with Gasteiger partial charge in [0.05, 0.1) is 17.8 Å². The molecule has 1 aliphatic rings. The Morgan fingerprint density at radius 3 is 3.14 bits per heavy atom. The summed E-state index contributed by atoms with van der Waals surface area (Å²) in [7, 11) is 0. The SMILES string of the molecule is N#Cc1cnn(C2CCN(c3ccc4nccn4n3)C2)c1. The molecule has 0 aliphatic carbocycles. The maximum atomic E-state index is 8.87. The number of hydrogen-bond donors (Lipinski definition) is 0. The molecule has 1 unspecified atom stereocenters. The van der Waals surface area contributed by atoms with Crippen molar-refractivity contribution >= 4 is 11.5 Å². The van der Waals surface area contributed by atoms with Gasteiger partial charge in [0.25, 0.3) is 0 Å². The van der Waals surface area contributed by atoms with Crippen LogP contribution in [0.5, 0.6) is 0 Å². The van der Waals surface area contributed by atoms with Crippen molar-refractivity contribution in [2.75, 3.05) is 18.0 Å². The van der Waals surface area contributed by atoms with Crippen LogP contribution in [0.25, 0.3) is 5.65 Å². The van der Waals surface area contributed by atoms with Crippen LogP contribution in [-0.4, -0.2) is 37.5 Å². The van der Waals surface area contributed by atoms with E-state index in [0.29, 0.717) is 5.56 Å². The van der Waals surface area contributed by atoms with E-state index in [1.54, 1.807) is 23.1 Å². The highest BCUT2D eigenvalue weighted by Crippen LogP contribution is 2.25. The fraction of sp³-hybridized carbons (Fsp3) is 0.286. The quantitative estimate of drug-likeness (QED) is 0.705. The molecular weight excluding hydrogens is 266 g/mol. The van der Waals surface area contributed by atoms with E-state index in [4.69, 9.17) is 5.26 Å². The first kappa shape index (κ1) is 11.9. The Labute approximate surface area is 121 Å². The van der Waals surface area contributed by atoms with Gasteiger partial charge in [0.2, 0.25) is 0 Å². The molecule has 4 rings (SSSR count). The molecule has 1 atom stereocenters. The van der Waals surface area contributed by atoms with Gasteiger partial charge in [0.15, 0.2) is 5.65 Å². The van der Waals surface area contributed by atoms with Crippen LogP contribution < -0.4 is 4.90 Å². The van der Waals surface area contributed by atoms with Crippen LogP contribution >= 0.6 is 0 Å². The highest BCUT2D eigenvalue weighted by Gasteiger charge is 2.25. The van der Waals surface area contributed by atoms with E-state index in [2.05, 4.69) is 26.2 Å². The molecule has 0 spiro atoms. The third kappa shape index (κ3) is 2.01. The summed E-state index contributed by atoms with van der Waals surface area (Å²) in [6, 6.07) is 6.36. The summed E-state index contributed by atoms with van der Waals surface area (Å²) in [5.74, 6) is 0.940. The molecule has 0 N–H and O–H groups in total. The van der Waals surface area contributed by atoms with Crippen molar-refractivity contribution in [3.63, 3.8) is 0 Å². The lowest BCUT2D eigenvalue weighted by Crippen LogP contribution is -2.22. The predicted molar refractivity (Wildman–Crippen MR) is 75.8 cm³/mol. The minimum Gasteiger partial charge on any atom is -0.353 e. The summed E-state index contributed by atoms with van der Waals surface area (Å²) >= 11 is 0. The number of aromatic nitrogens is 5. The second-order valence-corrected chi connectivity index (χ2v) is 5.13. The first-order chi connectivity index (χ1) is 10.3. The minimum atomic E-state index is 0.285. The number of anilines is 1. The number of nitriles is 1. The van der Waals surface area contributed by atoms with Crippen molar-refractivity contribution in [3.8, 4) is 6.07 Å². The Morgan fingerprint density at radius 2 is 2.29 bits per heavy atom. The normalized spacial score (nSPS) is 18.2. The molecule has 0 bridgehead atoms. The number of nitrogens with zero attached hydrogens (tertiary/aromatic N) is 7. The molecule has 0 radical (unpaired) electrons. The van der Waals surface area contributed by atoms with Gasteiger partial charge in [-0.15, -0.1) is 5.10 Å². The van der Waals surface area contributed by atoms with Crippen LogP contribution in [0.2, 0.25) is 0 Å². The average Bonchev–Trinajstić information content (AvgIpc) is 3.24. The van der Waals surface area contributed by atoms with Crippen molar-refractivity contribution < 1.29 is 0 Å². The Kier molecular flexibility index (Phi) is 2.60. The van der Waals surface area contributed by atoms with Crippen LogP contribution in [0, 0.1) is 11.3 Å². The van der Waals surface area contributed by atoms with E-state index in [0.717, 1.165) is 31.0 Å². The molecule has 4 heterocycles. The average molecular weight is 279 g/mol. The minimum absolute atomic E-state index is 0.285. The smallest absolute Gasteiger partial charge is 0.153 e. The lowest BCUT2D eigenvalue weighted by atomic mass is 10.3. The molecule has 1 fully saturated rings. The van der Waals surface area contributed by atoms with E-state index in [1.807, 2.05) is 23.0 Å². The molecular formula is C14H13N7. The highest BCUT2D eigenvalue weighted by atomic mass is 15.4. The molecule has 7 heteroatoms. The Balaban J connectivity index is 1.56. The second-order valence-electron chi connectivity index (χ2n) is 5.13. The molecule has 0 aromatic carbocycles. The van der Waals surface area contributed by atoms with Gasteiger partial charge in [-0.3, -0.25) is 4.68 Å². The largest absolute Gasteiger partial charge is 0.353 e. The van der Waals surface area contributed by atoms with Gasteiger partial charge in [0.1, 0.15) is 11.9 Å². The summed E-state index contributed by atoms with van der Waals surface area (Å²) in [5, 5.41) is 17.7. The van der Waals surface area contributed by atoms with Crippen molar-refractivity contribution in [2.24, 2.45) is 0 Å². The van der Waals surface area contributed by atoms with Gasteiger partial charge in [-0.05, 0) is 18.6 Å². The van der Waals surface area contributed by atoms with E-state index < -0.39 is 0 Å². The topological polar surface area (TPSA) is 75.0 Å². The fourth-order valence-electron chi connectivity index (χ4n) is 2.74. The van der Waals surface area contributed by atoms with E-state index in [9.17, 15) is 0 Å². The van der Waals surface area contributed by atoms with Crippen molar-refractivity contribution in [3.05, 3.63) is 42.5 Å². The van der Waals surface area contributed by atoms with Crippen molar-refractivity contribution in [2.45, 2.75) is 12.5 Å². The molecule has 1 aliphatic heterocycles. The zero-order chi connectivity index (χ0) is 14.2. The maximum absolute atomic E-state index is 8.87. The van der Waals surface area contributed by atoms with Crippen LogP contribution in [0.1, 0.15) is 18.0 Å². The summed E-state index contributed by atoms with van der Waals surface area (Å²) in [4.78, 5) is 6.43. The predicted octanol–water partition coefficient (Wildman–Crippen LogP) is 1.25. The molecule has 3 aromatic rings. The van der Waals surface area contributed by atoms with Gasteiger partial charge in [-0.2, -0.15) is 10.4 Å². The standard InChI is InChI=1S/C14H13N7/c15-7-11-8-17-21(9-11)12-3-5-19(10-12)14-2-1-13-16-4-6-20(13)18-14/h1-2,4,6,8-9,12H,3,5,10H2. The van der Waals surface area contributed by atoms with E-state index >= 15 is 0 Å². The molecule has 104 valence electrons. The third-order valence-corrected chi connectivity index (χ3v) is 3.83. The van der Waals surface area contributed by atoms with E-state index in [-0.39, 0.29) is 6.04 Å². The molecule has 0 saturated carbocycles. The van der Waals surface area contributed by atoms with E-state index in [1.165, 1.54) is 0 Å². The Bertz CT molecular complexity index is 825. The summed E-state index contributed by atoms with van der Waals surface area (Å²) < 4.78 is 3.67. The molecule has 7 nitrogen and oxygen atoms in total. The fourth-order valence-corrected chi connectivity index (χ4v) is 2.74.